The molecule has 1 fully saturated rings. The van der Waals surface area contributed by atoms with Crippen LogP contribution in [-0.4, -0.2) is 46.3 Å². The molecule has 0 spiro atoms. The van der Waals surface area contributed by atoms with Crippen LogP contribution in [0.3, 0.4) is 0 Å². The van der Waals surface area contributed by atoms with Crippen molar-refractivity contribution in [1.29, 1.82) is 0 Å². The van der Waals surface area contributed by atoms with Crippen molar-refractivity contribution in [2.45, 2.75) is 36.4 Å². The van der Waals surface area contributed by atoms with E-state index >= 15 is 0 Å². The number of aromatic nitrogens is 4. The fourth-order valence-electron chi connectivity index (χ4n) is 4.15. The number of nitrogens with zero attached hydrogens (tertiary/aromatic N) is 4. The van der Waals surface area contributed by atoms with Crippen molar-refractivity contribution in [2.75, 3.05) is 20.5 Å². The van der Waals surface area contributed by atoms with Crippen molar-refractivity contribution in [1.82, 2.24) is 19.7 Å². The molecule has 180 valence electrons. The molecule has 4 aromatic rings. The molecule has 2 aliphatic rings. The van der Waals surface area contributed by atoms with Gasteiger partial charge in [0, 0.05) is 18.2 Å². The highest BCUT2D eigenvalue weighted by atomic mass is 32.2. The van der Waals surface area contributed by atoms with E-state index in [1.807, 2.05) is 24.3 Å². The van der Waals surface area contributed by atoms with E-state index in [1.54, 1.807) is 23.8 Å². The minimum absolute atomic E-state index is 0.0228. The summed E-state index contributed by atoms with van der Waals surface area (Å²) in [5.74, 6) is 3.17. The molecule has 6 rings (SSSR count). The van der Waals surface area contributed by atoms with Crippen LogP contribution in [0.15, 0.2) is 50.9 Å². The Morgan fingerprint density at radius 1 is 1.14 bits per heavy atom. The van der Waals surface area contributed by atoms with Crippen LogP contribution in [0.25, 0.3) is 22.3 Å². The maximum absolute atomic E-state index is 13.5. The quantitative estimate of drug-likeness (QED) is 0.279. The zero-order valence-electron chi connectivity index (χ0n) is 18.9. The lowest BCUT2D eigenvalue weighted by Gasteiger charge is -2.16. The zero-order chi connectivity index (χ0) is 23.8. The van der Waals surface area contributed by atoms with Crippen LogP contribution < -0.4 is 19.8 Å². The fraction of sp³-hybridized carbons (Fsp3) is 0.333. The van der Waals surface area contributed by atoms with Crippen LogP contribution in [0, 0.1) is 0 Å². The summed E-state index contributed by atoms with van der Waals surface area (Å²) in [6.07, 6.45) is 1.87. The van der Waals surface area contributed by atoms with E-state index in [-0.39, 0.29) is 18.5 Å². The van der Waals surface area contributed by atoms with Gasteiger partial charge in [-0.05, 0) is 43.2 Å². The van der Waals surface area contributed by atoms with Crippen molar-refractivity contribution in [3.63, 3.8) is 0 Å². The van der Waals surface area contributed by atoms with Gasteiger partial charge in [-0.2, -0.15) is 4.98 Å². The summed E-state index contributed by atoms with van der Waals surface area (Å²) in [7, 11) is 1.62. The molecule has 35 heavy (non-hydrogen) atoms. The molecular weight excluding hydrogens is 472 g/mol. The van der Waals surface area contributed by atoms with Crippen molar-refractivity contribution in [3.8, 4) is 28.6 Å². The molecule has 1 atom stereocenters. The summed E-state index contributed by atoms with van der Waals surface area (Å²) >= 11 is 1.37. The lowest BCUT2D eigenvalue weighted by molar-refractivity contribution is 0.0937. The van der Waals surface area contributed by atoms with E-state index in [9.17, 15) is 4.79 Å². The molecule has 1 saturated heterocycles. The second kappa shape index (κ2) is 9.23. The predicted octanol–water partition coefficient (Wildman–Crippen LogP) is 3.66. The first-order valence-electron chi connectivity index (χ1n) is 11.2. The summed E-state index contributed by atoms with van der Waals surface area (Å²) in [5, 5.41) is 5.13. The summed E-state index contributed by atoms with van der Waals surface area (Å²) in [5.41, 5.74) is 1.23. The smallest absolute Gasteiger partial charge is 0.262 e. The van der Waals surface area contributed by atoms with Gasteiger partial charge < -0.3 is 23.5 Å². The van der Waals surface area contributed by atoms with E-state index in [4.69, 9.17) is 28.5 Å². The number of hydrogen-bond donors (Lipinski definition) is 0. The highest BCUT2D eigenvalue weighted by molar-refractivity contribution is 7.98. The third kappa shape index (κ3) is 4.32. The molecule has 0 bridgehead atoms. The molecule has 0 amide bonds. The number of ether oxygens (including phenoxy) is 4. The van der Waals surface area contributed by atoms with Crippen LogP contribution in [-0.2, 0) is 17.0 Å². The van der Waals surface area contributed by atoms with Crippen LogP contribution in [0.1, 0.15) is 18.7 Å². The number of fused-ring (bicyclic) bond motifs is 2. The fourth-order valence-corrected chi connectivity index (χ4v) is 5.00. The Hall–Kier alpha value is -3.57. The van der Waals surface area contributed by atoms with E-state index < -0.39 is 0 Å². The van der Waals surface area contributed by atoms with Gasteiger partial charge in [-0.15, -0.1) is 0 Å². The van der Waals surface area contributed by atoms with Gasteiger partial charge in [0.15, 0.2) is 16.7 Å². The standard InChI is InChI=1S/C24H22N4O6S/c1-30-15-6-4-14(5-7-15)22-26-21(34-27-22)12-35-24-25-18-10-20-19(32-13-33-20)9-17(18)23(29)28(24)11-16-3-2-8-31-16/h4-7,9-10,16H,2-3,8,11-13H2,1H3/t16-/m0/s1. The molecule has 0 N–H and O–H groups in total. The third-order valence-corrected chi connectivity index (χ3v) is 6.93. The van der Waals surface area contributed by atoms with E-state index in [0.717, 1.165) is 24.2 Å². The van der Waals surface area contributed by atoms with E-state index in [0.29, 0.717) is 58.2 Å². The minimum Gasteiger partial charge on any atom is -0.497 e. The largest absolute Gasteiger partial charge is 0.497 e. The summed E-state index contributed by atoms with van der Waals surface area (Å²) in [6.45, 7) is 1.27. The van der Waals surface area contributed by atoms with Gasteiger partial charge >= 0.3 is 0 Å². The van der Waals surface area contributed by atoms with Gasteiger partial charge in [0.25, 0.3) is 5.56 Å². The monoisotopic (exact) mass is 494 g/mol. The van der Waals surface area contributed by atoms with E-state index in [2.05, 4.69) is 10.1 Å². The molecule has 2 aromatic carbocycles. The molecule has 11 heteroatoms. The van der Waals surface area contributed by atoms with Gasteiger partial charge in [0.1, 0.15) is 5.75 Å². The van der Waals surface area contributed by atoms with Gasteiger partial charge in [0.05, 0.1) is 36.4 Å². The molecule has 0 aliphatic carbocycles. The van der Waals surface area contributed by atoms with Crippen molar-refractivity contribution < 1.29 is 23.5 Å². The lowest BCUT2D eigenvalue weighted by Crippen LogP contribution is -2.28. The molecule has 4 heterocycles. The van der Waals surface area contributed by atoms with Gasteiger partial charge in [-0.25, -0.2) is 4.98 Å². The first kappa shape index (κ1) is 21.9. The summed E-state index contributed by atoms with van der Waals surface area (Å²) in [6, 6.07) is 10.9. The SMILES string of the molecule is COc1ccc(-c2noc(CSc3nc4cc5c(cc4c(=O)n3C[C@@H]3CCCO3)OCO5)n2)cc1. The summed E-state index contributed by atoms with van der Waals surface area (Å²) in [4.78, 5) is 22.8. The maximum Gasteiger partial charge on any atom is 0.262 e. The molecular formula is C24H22N4O6S. The van der Waals surface area contributed by atoms with E-state index in [1.165, 1.54) is 11.8 Å². The number of benzene rings is 2. The minimum atomic E-state index is -0.143. The second-order valence-electron chi connectivity index (χ2n) is 8.20. The van der Waals surface area contributed by atoms with Crippen molar-refractivity contribution in [2.24, 2.45) is 0 Å². The highest BCUT2D eigenvalue weighted by Crippen LogP contribution is 2.35. The Labute approximate surface area is 204 Å². The summed E-state index contributed by atoms with van der Waals surface area (Å²) < 4.78 is 29.1. The Balaban J connectivity index is 1.30. The topological polar surface area (TPSA) is 111 Å². The van der Waals surface area contributed by atoms with Crippen molar-refractivity contribution >= 4 is 22.7 Å². The Morgan fingerprint density at radius 2 is 1.97 bits per heavy atom. The number of hydrogen-bond acceptors (Lipinski definition) is 10. The Morgan fingerprint density at radius 3 is 2.74 bits per heavy atom. The third-order valence-electron chi connectivity index (χ3n) is 5.96. The highest BCUT2D eigenvalue weighted by Gasteiger charge is 2.23. The molecule has 2 aliphatic heterocycles. The van der Waals surface area contributed by atoms with Crippen molar-refractivity contribution in [3.05, 3.63) is 52.6 Å². The average molecular weight is 495 g/mol. The molecule has 2 aromatic heterocycles. The number of methoxy groups -OCH3 is 1. The zero-order valence-corrected chi connectivity index (χ0v) is 19.7. The number of rotatable bonds is 7. The maximum atomic E-state index is 13.5. The molecule has 0 radical (unpaired) electrons. The molecule has 0 saturated carbocycles. The van der Waals surface area contributed by atoms with Gasteiger partial charge in [0.2, 0.25) is 18.5 Å². The first-order chi connectivity index (χ1) is 17.2. The van der Waals surface area contributed by atoms with Crippen LogP contribution in [0.4, 0.5) is 0 Å². The Kier molecular flexibility index (Phi) is 5.78. The van der Waals surface area contributed by atoms with Crippen LogP contribution in [0.5, 0.6) is 17.2 Å². The average Bonchev–Trinajstić information content (AvgIpc) is 3.66. The molecule has 10 nitrogen and oxygen atoms in total. The normalized spacial score (nSPS) is 16.8. The van der Waals surface area contributed by atoms with Gasteiger partial charge in [-0.3, -0.25) is 9.36 Å². The first-order valence-corrected chi connectivity index (χ1v) is 12.2. The van der Waals surface area contributed by atoms with Crippen LogP contribution >= 0.6 is 11.8 Å². The molecule has 0 unspecified atom stereocenters. The number of thioether (sulfide) groups is 1. The predicted molar refractivity (Wildman–Crippen MR) is 127 cm³/mol. The lowest BCUT2D eigenvalue weighted by atomic mass is 10.2. The van der Waals surface area contributed by atoms with Crippen LogP contribution in [0.2, 0.25) is 0 Å². The second-order valence-corrected chi connectivity index (χ2v) is 9.14. The van der Waals surface area contributed by atoms with Gasteiger partial charge in [-0.1, -0.05) is 16.9 Å². The Bertz CT molecular complexity index is 1430.